The van der Waals surface area contributed by atoms with Crippen LogP contribution in [0.2, 0.25) is 0 Å². The van der Waals surface area contributed by atoms with Crippen LogP contribution in [0.5, 0.6) is 0 Å². The maximum atomic E-state index is 11.3. The molecule has 5 nitrogen and oxygen atoms in total. The third-order valence-electron chi connectivity index (χ3n) is 2.47. The number of nitrogens with zero attached hydrogens (tertiary/aromatic N) is 2. The molecular formula is C12H14N2O3S2. The number of hydrogen-bond donors (Lipinski definition) is 1. The Balaban J connectivity index is 2.01. The smallest absolute Gasteiger partial charge is 0.306 e. The van der Waals surface area contributed by atoms with E-state index in [4.69, 9.17) is 9.84 Å². The number of ether oxygens (including phenoxy) is 1. The quantitative estimate of drug-likeness (QED) is 0.828. The van der Waals surface area contributed by atoms with Crippen LogP contribution in [0.1, 0.15) is 23.9 Å². The predicted octanol–water partition coefficient (Wildman–Crippen LogP) is 2.25. The molecule has 0 unspecified atom stereocenters. The molecular weight excluding hydrogens is 284 g/mol. The van der Waals surface area contributed by atoms with E-state index in [-0.39, 0.29) is 12.6 Å². The van der Waals surface area contributed by atoms with Gasteiger partial charge in [0.05, 0.1) is 24.5 Å². The van der Waals surface area contributed by atoms with Gasteiger partial charge < -0.3 is 9.84 Å². The van der Waals surface area contributed by atoms with Crippen LogP contribution in [-0.4, -0.2) is 27.3 Å². The number of carbonyl (C=O) groups excluding carboxylic acids is 1. The lowest BCUT2D eigenvalue weighted by atomic mass is 10.2. The van der Waals surface area contributed by atoms with Crippen molar-refractivity contribution in [2.75, 3.05) is 6.61 Å². The third-order valence-corrected chi connectivity index (χ3v) is 4.56. The molecule has 19 heavy (non-hydrogen) atoms. The molecule has 0 spiro atoms. The topological polar surface area (TPSA) is 72.3 Å². The summed E-state index contributed by atoms with van der Waals surface area (Å²) in [4.78, 5) is 14.3. The molecule has 0 atom stereocenters. The minimum atomic E-state index is -0.173. The maximum Gasteiger partial charge on any atom is 0.306 e. The molecule has 7 heteroatoms. The van der Waals surface area contributed by atoms with Crippen molar-refractivity contribution >= 4 is 28.8 Å². The first-order valence-corrected chi connectivity index (χ1v) is 7.50. The minimum Gasteiger partial charge on any atom is -0.466 e. The summed E-state index contributed by atoms with van der Waals surface area (Å²) in [7, 11) is 0. The third kappa shape index (κ3) is 3.59. The van der Waals surface area contributed by atoms with Crippen molar-refractivity contribution in [1.29, 1.82) is 0 Å². The van der Waals surface area contributed by atoms with Crippen LogP contribution in [0.25, 0.3) is 9.75 Å². The van der Waals surface area contributed by atoms with Gasteiger partial charge in [0.2, 0.25) is 0 Å². The predicted molar refractivity (Wildman–Crippen MR) is 74.1 cm³/mol. The molecule has 0 fully saturated rings. The van der Waals surface area contributed by atoms with Crippen molar-refractivity contribution in [2.45, 2.75) is 26.4 Å². The molecule has 0 aromatic carbocycles. The molecule has 102 valence electrons. The zero-order valence-electron chi connectivity index (χ0n) is 10.5. The molecule has 0 saturated carbocycles. The lowest BCUT2D eigenvalue weighted by molar-refractivity contribution is -0.143. The second-order valence-electron chi connectivity index (χ2n) is 3.78. The Morgan fingerprint density at radius 2 is 2.32 bits per heavy atom. The van der Waals surface area contributed by atoms with E-state index in [0.29, 0.717) is 25.1 Å². The van der Waals surface area contributed by atoms with Crippen molar-refractivity contribution in [3.63, 3.8) is 0 Å². The van der Waals surface area contributed by atoms with Gasteiger partial charge in [0, 0.05) is 9.75 Å². The monoisotopic (exact) mass is 298 g/mol. The Bertz CT molecular complexity index is 551. The van der Waals surface area contributed by atoms with Crippen LogP contribution in [0.4, 0.5) is 0 Å². The first kappa shape index (κ1) is 14.1. The Kier molecular flexibility index (Phi) is 5.00. The first-order chi connectivity index (χ1) is 9.24. The van der Waals surface area contributed by atoms with Gasteiger partial charge in [0.15, 0.2) is 0 Å². The van der Waals surface area contributed by atoms with Gasteiger partial charge in [-0.3, -0.25) is 4.79 Å². The number of esters is 1. The number of thiophene rings is 1. The fraction of sp³-hybridized carbons (Fsp3) is 0.417. The summed E-state index contributed by atoms with van der Waals surface area (Å²) >= 11 is 2.86. The Hall–Kier alpha value is -1.31. The van der Waals surface area contributed by atoms with E-state index < -0.39 is 0 Å². The summed E-state index contributed by atoms with van der Waals surface area (Å²) in [6, 6.07) is 3.96. The highest BCUT2D eigenvalue weighted by molar-refractivity contribution is 7.20. The van der Waals surface area contributed by atoms with E-state index in [1.807, 2.05) is 12.1 Å². The summed E-state index contributed by atoms with van der Waals surface area (Å²) in [6.45, 7) is 2.11. The lowest BCUT2D eigenvalue weighted by Gasteiger charge is -1.99. The van der Waals surface area contributed by atoms with Gasteiger partial charge >= 0.3 is 5.97 Å². The SMILES string of the molecule is CCOC(=O)CCc1ccc(-c2snnc2CO)s1. The Labute approximate surface area is 119 Å². The number of aliphatic hydroxyl groups is 1. The molecule has 0 aliphatic heterocycles. The van der Waals surface area contributed by atoms with E-state index in [2.05, 4.69) is 9.59 Å². The molecule has 0 saturated heterocycles. The van der Waals surface area contributed by atoms with Crippen LogP contribution in [0.3, 0.4) is 0 Å². The zero-order chi connectivity index (χ0) is 13.7. The van der Waals surface area contributed by atoms with E-state index in [1.165, 1.54) is 11.5 Å². The van der Waals surface area contributed by atoms with E-state index >= 15 is 0 Å². The fourth-order valence-electron chi connectivity index (χ4n) is 1.59. The molecule has 1 N–H and O–H groups in total. The Morgan fingerprint density at radius 1 is 1.47 bits per heavy atom. The number of aliphatic hydroxyl groups excluding tert-OH is 1. The van der Waals surface area contributed by atoms with Gasteiger partial charge in [-0.15, -0.1) is 16.4 Å². The highest BCUT2D eigenvalue weighted by Crippen LogP contribution is 2.33. The first-order valence-electron chi connectivity index (χ1n) is 5.91. The summed E-state index contributed by atoms with van der Waals surface area (Å²) in [5.41, 5.74) is 0.601. The molecule has 0 aliphatic carbocycles. The number of carbonyl (C=O) groups is 1. The van der Waals surface area contributed by atoms with Crippen LogP contribution < -0.4 is 0 Å². The van der Waals surface area contributed by atoms with Crippen molar-refractivity contribution in [1.82, 2.24) is 9.59 Å². The normalized spacial score (nSPS) is 10.6. The highest BCUT2D eigenvalue weighted by Gasteiger charge is 2.12. The van der Waals surface area contributed by atoms with Gasteiger partial charge in [-0.2, -0.15) is 0 Å². The van der Waals surface area contributed by atoms with Crippen molar-refractivity contribution < 1.29 is 14.6 Å². The minimum absolute atomic E-state index is 0.109. The largest absolute Gasteiger partial charge is 0.466 e. The van der Waals surface area contributed by atoms with Crippen molar-refractivity contribution in [3.8, 4) is 9.75 Å². The van der Waals surface area contributed by atoms with Crippen LogP contribution in [0.15, 0.2) is 12.1 Å². The van der Waals surface area contributed by atoms with E-state index in [9.17, 15) is 4.79 Å². The number of aryl methyl sites for hydroxylation is 1. The maximum absolute atomic E-state index is 11.3. The zero-order valence-corrected chi connectivity index (χ0v) is 12.1. The van der Waals surface area contributed by atoms with E-state index in [1.54, 1.807) is 18.3 Å². The Morgan fingerprint density at radius 3 is 3.05 bits per heavy atom. The van der Waals surface area contributed by atoms with Crippen LogP contribution in [0, 0.1) is 0 Å². The molecule has 2 heterocycles. The van der Waals surface area contributed by atoms with Crippen molar-refractivity contribution in [3.05, 3.63) is 22.7 Å². The standard InChI is InChI=1S/C12H14N2O3S2/c1-2-17-11(16)6-4-8-3-5-10(18-8)12-9(7-15)13-14-19-12/h3,5,15H,2,4,6-7H2,1H3. The highest BCUT2D eigenvalue weighted by atomic mass is 32.1. The molecule has 0 bridgehead atoms. The average Bonchev–Trinajstić information content (AvgIpc) is 3.05. The van der Waals surface area contributed by atoms with Gasteiger partial charge in [-0.1, -0.05) is 4.49 Å². The summed E-state index contributed by atoms with van der Waals surface area (Å²) in [6.07, 6.45) is 1.06. The molecule has 0 amide bonds. The fourth-order valence-corrected chi connectivity index (χ4v) is 3.39. The second-order valence-corrected chi connectivity index (χ2v) is 5.70. The van der Waals surface area contributed by atoms with Gasteiger partial charge in [0.25, 0.3) is 0 Å². The molecule has 2 rings (SSSR count). The number of aromatic nitrogens is 2. The lowest BCUT2D eigenvalue weighted by Crippen LogP contribution is -2.04. The molecule has 2 aromatic heterocycles. The molecule has 0 aliphatic rings. The summed E-state index contributed by atoms with van der Waals surface area (Å²) < 4.78 is 8.74. The number of hydrogen-bond acceptors (Lipinski definition) is 7. The second kappa shape index (κ2) is 6.74. The molecule has 0 radical (unpaired) electrons. The van der Waals surface area contributed by atoms with Gasteiger partial charge in [-0.05, 0) is 37.0 Å². The van der Waals surface area contributed by atoms with Gasteiger partial charge in [-0.25, -0.2) is 0 Å². The van der Waals surface area contributed by atoms with Crippen molar-refractivity contribution in [2.24, 2.45) is 0 Å². The van der Waals surface area contributed by atoms with Crippen LogP contribution >= 0.6 is 22.9 Å². The van der Waals surface area contributed by atoms with Crippen LogP contribution in [-0.2, 0) is 22.6 Å². The summed E-state index contributed by atoms with van der Waals surface area (Å²) in [5, 5.41) is 13.0. The number of rotatable bonds is 6. The van der Waals surface area contributed by atoms with E-state index in [0.717, 1.165) is 14.6 Å². The summed E-state index contributed by atoms with van der Waals surface area (Å²) in [5.74, 6) is -0.173. The average molecular weight is 298 g/mol. The van der Waals surface area contributed by atoms with Gasteiger partial charge in [0.1, 0.15) is 5.69 Å². The molecule has 2 aromatic rings.